The third-order valence-corrected chi connectivity index (χ3v) is 3.14. The smallest absolute Gasteiger partial charge is 0.323 e. The van der Waals surface area contributed by atoms with E-state index in [-0.39, 0.29) is 18.5 Å². The lowest BCUT2D eigenvalue weighted by molar-refractivity contribution is -0.135. The molecule has 0 atom stereocenters. The van der Waals surface area contributed by atoms with Gasteiger partial charge < -0.3 is 26.0 Å². The molecule has 0 saturated carbocycles. The normalized spacial score (nSPS) is 14.9. The summed E-state index contributed by atoms with van der Waals surface area (Å²) in [6, 6.07) is 1.48. The number of hydrogen-bond acceptors (Lipinski definition) is 6. The molecule has 9 heteroatoms. The molecule has 1 aliphatic heterocycles. The lowest BCUT2D eigenvalue weighted by atomic mass is 10.3. The number of carboxylic acid groups (broad SMARTS) is 1. The number of nitrogens with zero attached hydrogens (tertiary/aromatic N) is 4. The summed E-state index contributed by atoms with van der Waals surface area (Å²) in [6.07, 6.45) is 0. The number of nitrogens with two attached hydrogens (primary N) is 1. The second-order valence-electron chi connectivity index (χ2n) is 4.75. The summed E-state index contributed by atoms with van der Waals surface area (Å²) in [4.78, 5) is 34.0. The SMILES string of the molecule is Cc1cc(N2CCN(C(=O)NCC(=O)O)CC2)nc(N)n1. The van der Waals surface area contributed by atoms with Crippen molar-refractivity contribution in [3.63, 3.8) is 0 Å². The van der Waals surface area contributed by atoms with E-state index in [1.165, 1.54) is 0 Å². The first-order valence-electron chi connectivity index (χ1n) is 6.56. The fraction of sp³-hybridized carbons (Fsp3) is 0.500. The Morgan fingerprint density at radius 2 is 2.00 bits per heavy atom. The first-order valence-corrected chi connectivity index (χ1v) is 6.56. The summed E-state index contributed by atoms with van der Waals surface area (Å²) in [7, 11) is 0. The van der Waals surface area contributed by atoms with Gasteiger partial charge in [-0.25, -0.2) is 9.78 Å². The number of nitrogens with one attached hydrogen (secondary N) is 1. The maximum Gasteiger partial charge on any atom is 0.323 e. The molecule has 1 aromatic rings. The standard InChI is InChI=1S/C12H18N6O3/c1-8-6-9(16-11(13)15-8)17-2-4-18(5-3-17)12(21)14-7-10(19)20/h6H,2-5,7H2,1H3,(H,14,21)(H,19,20)(H2,13,15,16). The van der Waals surface area contributed by atoms with E-state index in [0.29, 0.717) is 26.2 Å². The van der Waals surface area contributed by atoms with Gasteiger partial charge in [0.15, 0.2) is 0 Å². The Balaban J connectivity index is 1.90. The zero-order valence-electron chi connectivity index (χ0n) is 11.7. The molecule has 0 aliphatic carbocycles. The van der Waals surface area contributed by atoms with Crippen molar-refractivity contribution < 1.29 is 14.7 Å². The predicted octanol–water partition coefficient (Wildman–Crippen LogP) is -0.717. The summed E-state index contributed by atoms with van der Waals surface area (Å²) in [5.74, 6) is -0.0915. The second-order valence-corrected chi connectivity index (χ2v) is 4.75. The van der Waals surface area contributed by atoms with Gasteiger partial charge in [-0.3, -0.25) is 4.79 Å². The second kappa shape index (κ2) is 6.25. The lowest BCUT2D eigenvalue weighted by Crippen LogP contribution is -2.52. The highest BCUT2D eigenvalue weighted by molar-refractivity contribution is 5.80. The summed E-state index contributed by atoms with van der Waals surface area (Å²) >= 11 is 0. The van der Waals surface area contributed by atoms with E-state index in [0.717, 1.165) is 11.5 Å². The van der Waals surface area contributed by atoms with Gasteiger partial charge in [0, 0.05) is 37.9 Å². The fourth-order valence-corrected chi connectivity index (χ4v) is 2.14. The maximum absolute atomic E-state index is 11.7. The summed E-state index contributed by atoms with van der Waals surface area (Å²) in [5, 5.41) is 10.9. The first-order chi connectivity index (χ1) is 9.95. The van der Waals surface area contributed by atoms with Crippen molar-refractivity contribution in [2.75, 3.05) is 43.4 Å². The third-order valence-electron chi connectivity index (χ3n) is 3.14. The maximum atomic E-state index is 11.7. The number of urea groups is 1. The van der Waals surface area contributed by atoms with Crippen molar-refractivity contribution in [3.05, 3.63) is 11.8 Å². The molecular formula is C12H18N6O3. The van der Waals surface area contributed by atoms with Crippen molar-refractivity contribution in [1.29, 1.82) is 0 Å². The molecule has 21 heavy (non-hydrogen) atoms. The summed E-state index contributed by atoms with van der Waals surface area (Å²) < 4.78 is 0. The number of aromatic nitrogens is 2. The minimum atomic E-state index is -1.06. The van der Waals surface area contributed by atoms with Crippen molar-refractivity contribution >= 4 is 23.8 Å². The Hall–Kier alpha value is -2.58. The van der Waals surface area contributed by atoms with Crippen LogP contribution in [-0.4, -0.2) is 64.7 Å². The number of carbonyl (C=O) groups is 2. The molecule has 0 bridgehead atoms. The zero-order valence-corrected chi connectivity index (χ0v) is 11.7. The van der Waals surface area contributed by atoms with E-state index in [1.54, 1.807) is 4.90 Å². The molecule has 1 fully saturated rings. The molecule has 0 radical (unpaired) electrons. The van der Waals surface area contributed by atoms with Crippen LogP contribution in [0.25, 0.3) is 0 Å². The number of carbonyl (C=O) groups excluding carboxylic acids is 1. The molecule has 0 spiro atoms. The number of aryl methyl sites for hydroxylation is 1. The van der Waals surface area contributed by atoms with Crippen molar-refractivity contribution in [2.45, 2.75) is 6.92 Å². The van der Waals surface area contributed by atoms with E-state index in [9.17, 15) is 9.59 Å². The molecule has 2 heterocycles. The van der Waals surface area contributed by atoms with Gasteiger partial charge in [0.25, 0.3) is 0 Å². The summed E-state index contributed by atoms with van der Waals surface area (Å²) in [5.41, 5.74) is 6.42. The number of hydrogen-bond donors (Lipinski definition) is 3. The largest absolute Gasteiger partial charge is 0.480 e. The van der Waals surface area contributed by atoms with Gasteiger partial charge >= 0.3 is 12.0 Å². The number of anilines is 2. The van der Waals surface area contributed by atoms with Crippen LogP contribution in [-0.2, 0) is 4.79 Å². The Labute approximate surface area is 121 Å². The van der Waals surface area contributed by atoms with Crippen molar-refractivity contribution in [3.8, 4) is 0 Å². The van der Waals surface area contributed by atoms with E-state index in [1.807, 2.05) is 17.9 Å². The highest BCUT2D eigenvalue weighted by atomic mass is 16.4. The first kappa shape index (κ1) is 14.8. The van der Waals surface area contributed by atoms with Crippen LogP contribution in [0.4, 0.5) is 16.6 Å². The number of piperazine rings is 1. The molecule has 1 saturated heterocycles. The quantitative estimate of drug-likeness (QED) is 0.672. The molecule has 2 rings (SSSR count). The monoisotopic (exact) mass is 294 g/mol. The van der Waals surface area contributed by atoms with Crippen LogP contribution in [0.2, 0.25) is 0 Å². The van der Waals surface area contributed by atoms with Gasteiger partial charge in [0.1, 0.15) is 12.4 Å². The molecule has 0 aromatic carbocycles. The molecule has 1 aliphatic rings. The number of rotatable bonds is 3. The topological polar surface area (TPSA) is 125 Å². The van der Waals surface area contributed by atoms with E-state index >= 15 is 0 Å². The van der Waals surface area contributed by atoms with Gasteiger partial charge in [0.05, 0.1) is 0 Å². The highest BCUT2D eigenvalue weighted by Gasteiger charge is 2.22. The number of carboxylic acids is 1. The molecule has 2 amide bonds. The van der Waals surface area contributed by atoms with Crippen LogP contribution in [0.1, 0.15) is 5.69 Å². The third kappa shape index (κ3) is 3.94. The Kier molecular flexibility index (Phi) is 4.41. The fourth-order valence-electron chi connectivity index (χ4n) is 2.14. The highest BCUT2D eigenvalue weighted by Crippen LogP contribution is 2.15. The Bertz CT molecular complexity index is 522. The molecule has 1 aromatic heterocycles. The Morgan fingerprint density at radius 1 is 1.33 bits per heavy atom. The molecular weight excluding hydrogens is 276 g/mol. The van der Waals surface area contributed by atoms with Crippen LogP contribution >= 0.6 is 0 Å². The van der Waals surface area contributed by atoms with E-state index < -0.39 is 5.97 Å². The predicted molar refractivity (Wildman–Crippen MR) is 76.0 cm³/mol. The van der Waals surface area contributed by atoms with Gasteiger partial charge in [-0.05, 0) is 6.92 Å². The van der Waals surface area contributed by atoms with Crippen LogP contribution < -0.4 is 16.0 Å². The molecule has 114 valence electrons. The van der Waals surface area contributed by atoms with Crippen LogP contribution in [0.3, 0.4) is 0 Å². The molecule has 9 nitrogen and oxygen atoms in total. The minimum Gasteiger partial charge on any atom is -0.480 e. The van der Waals surface area contributed by atoms with Crippen LogP contribution in [0, 0.1) is 6.92 Å². The average Bonchev–Trinajstić information content (AvgIpc) is 2.44. The summed E-state index contributed by atoms with van der Waals surface area (Å²) in [6.45, 7) is 3.67. The minimum absolute atomic E-state index is 0.228. The van der Waals surface area contributed by atoms with E-state index in [4.69, 9.17) is 10.8 Å². The lowest BCUT2D eigenvalue weighted by Gasteiger charge is -2.35. The zero-order chi connectivity index (χ0) is 15.4. The van der Waals surface area contributed by atoms with Crippen LogP contribution in [0.5, 0.6) is 0 Å². The van der Waals surface area contributed by atoms with Crippen molar-refractivity contribution in [2.24, 2.45) is 0 Å². The van der Waals surface area contributed by atoms with Gasteiger partial charge in [-0.2, -0.15) is 4.98 Å². The van der Waals surface area contributed by atoms with E-state index in [2.05, 4.69) is 15.3 Å². The van der Waals surface area contributed by atoms with Gasteiger partial charge in [-0.1, -0.05) is 0 Å². The average molecular weight is 294 g/mol. The van der Waals surface area contributed by atoms with Gasteiger partial charge in [-0.15, -0.1) is 0 Å². The van der Waals surface area contributed by atoms with Gasteiger partial charge in [0.2, 0.25) is 5.95 Å². The number of aliphatic carboxylic acids is 1. The van der Waals surface area contributed by atoms with Crippen molar-refractivity contribution in [1.82, 2.24) is 20.2 Å². The molecule has 0 unspecified atom stereocenters. The Morgan fingerprint density at radius 3 is 2.57 bits per heavy atom. The number of nitrogen functional groups attached to an aromatic ring is 1. The molecule has 4 N–H and O–H groups in total. The number of amides is 2. The van der Waals surface area contributed by atoms with Crippen LogP contribution in [0.15, 0.2) is 6.07 Å².